The Balaban J connectivity index is 2.72. The molecule has 6 heteroatoms. The summed E-state index contributed by atoms with van der Waals surface area (Å²) in [7, 11) is 5.38. The first-order valence-corrected chi connectivity index (χ1v) is 6.27. The van der Waals surface area contributed by atoms with Gasteiger partial charge in [0, 0.05) is 12.6 Å². The van der Waals surface area contributed by atoms with E-state index in [9.17, 15) is 4.79 Å². The van der Waals surface area contributed by atoms with Gasteiger partial charge in [-0.3, -0.25) is 0 Å². The Labute approximate surface area is 114 Å². The number of esters is 1. The van der Waals surface area contributed by atoms with Gasteiger partial charge < -0.3 is 15.0 Å². The predicted molar refractivity (Wildman–Crippen MR) is 74.2 cm³/mol. The van der Waals surface area contributed by atoms with Crippen molar-refractivity contribution >= 4 is 11.8 Å². The fraction of sp³-hybridized carbons (Fsp3) is 0.615. The molecular weight excluding hydrogens is 244 g/mol. The van der Waals surface area contributed by atoms with E-state index in [4.69, 9.17) is 0 Å². The van der Waals surface area contributed by atoms with Gasteiger partial charge in [0.1, 0.15) is 5.82 Å². The monoisotopic (exact) mass is 266 g/mol. The van der Waals surface area contributed by atoms with Crippen LogP contribution in [0.3, 0.4) is 0 Å². The van der Waals surface area contributed by atoms with Crippen molar-refractivity contribution in [2.75, 3.05) is 33.1 Å². The van der Waals surface area contributed by atoms with Crippen LogP contribution >= 0.6 is 0 Å². The number of carbonyl (C=O) groups excluding carboxylic acids is 1. The van der Waals surface area contributed by atoms with Gasteiger partial charge in [-0.25, -0.2) is 4.79 Å². The SMILES string of the molecule is COC(=O)c1ccc(NC(CN(C)C)C(C)C)nn1. The lowest BCUT2D eigenvalue weighted by Gasteiger charge is -2.25. The van der Waals surface area contributed by atoms with Crippen molar-refractivity contribution in [1.82, 2.24) is 15.1 Å². The van der Waals surface area contributed by atoms with E-state index >= 15 is 0 Å². The largest absolute Gasteiger partial charge is 0.464 e. The summed E-state index contributed by atoms with van der Waals surface area (Å²) in [6, 6.07) is 3.62. The number of ether oxygens (including phenoxy) is 1. The Hall–Kier alpha value is -1.69. The number of nitrogens with zero attached hydrogens (tertiary/aromatic N) is 3. The van der Waals surface area contributed by atoms with Crippen molar-refractivity contribution in [2.45, 2.75) is 19.9 Å². The van der Waals surface area contributed by atoms with Crippen LogP contribution in [-0.2, 0) is 4.74 Å². The summed E-state index contributed by atoms with van der Waals surface area (Å²) < 4.78 is 4.58. The molecule has 1 aromatic heterocycles. The van der Waals surface area contributed by atoms with Gasteiger partial charge in [-0.2, -0.15) is 0 Å². The second-order valence-corrected chi connectivity index (χ2v) is 5.05. The second kappa shape index (κ2) is 7.04. The van der Waals surface area contributed by atoms with Crippen LogP contribution in [-0.4, -0.2) is 54.9 Å². The van der Waals surface area contributed by atoms with Crippen LogP contribution in [0.2, 0.25) is 0 Å². The summed E-state index contributed by atoms with van der Waals surface area (Å²) in [5.41, 5.74) is 0.210. The van der Waals surface area contributed by atoms with E-state index < -0.39 is 5.97 Å². The highest BCUT2D eigenvalue weighted by molar-refractivity contribution is 5.86. The number of rotatable bonds is 6. The van der Waals surface area contributed by atoms with E-state index in [-0.39, 0.29) is 11.7 Å². The number of aromatic nitrogens is 2. The third-order valence-electron chi connectivity index (χ3n) is 2.76. The van der Waals surface area contributed by atoms with Crippen LogP contribution in [0.15, 0.2) is 12.1 Å². The number of hydrogen-bond donors (Lipinski definition) is 1. The van der Waals surface area contributed by atoms with Gasteiger partial charge in [0.25, 0.3) is 0 Å². The molecule has 19 heavy (non-hydrogen) atoms. The van der Waals surface area contributed by atoms with Gasteiger partial charge in [-0.15, -0.1) is 10.2 Å². The molecule has 0 radical (unpaired) electrons. The van der Waals surface area contributed by atoms with Gasteiger partial charge in [0.05, 0.1) is 7.11 Å². The third-order valence-corrected chi connectivity index (χ3v) is 2.76. The van der Waals surface area contributed by atoms with Crippen LogP contribution in [0, 0.1) is 5.92 Å². The minimum Gasteiger partial charge on any atom is -0.464 e. The molecule has 1 atom stereocenters. The lowest BCUT2D eigenvalue weighted by molar-refractivity contribution is 0.0593. The molecule has 0 saturated heterocycles. The maximum atomic E-state index is 11.2. The topological polar surface area (TPSA) is 67.3 Å². The molecule has 0 amide bonds. The molecule has 106 valence electrons. The average molecular weight is 266 g/mol. The first kappa shape index (κ1) is 15.4. The number of carbonyl (C=O) groups is 1. The molecular formula is C13H22N4O2. The molecule has 0 aromatic carbocycles. The number of nitrogens with one attached hydrogen (secondary N) is 1. The van der Waals surface area contributed by atoms with Gasteiger partial charge in [-0.1, -0.05) is 13.8 Å². The van der Waals surface area contributed by atoms with Crippen LogP contribution in [0.1, 0.15) is 24.3 Å². The van der Waals surface area contributed by atoms with Crippen molar-refractivity contribution in [3.63, 3.8) is 0 Å². The van der Waals surface area contributed by atoms with E-state index in [1.807, 2.05) is 14.1 Å². The number of anilines is 1. The van der Waals surface area contributed by atoms with E-state index in [0.29, 0.717) is 11.7 Å². The molecule has 0 saturated carbocycles. The lowest BCUT2D eigenvalue weighted by Crippen LogP contribution is -2.36. The molecule has 0 aliphatic carbocycles. The maximum Gasteiger partial charge on any atom is 0.358 e. The van der Waals surface area contributed by atoms with Gasteiger partial charge in [-0.05, 0) is 32.1 Å². The normalized spacial score (nSPS) is 12.6. The van der Waals surface area contributed by atoms with Crippen molar-refractivity contribution in [3.05, 3.63) is 17.8 Å². The molecule has 1 aromatic rings. The first-order chi connectivity index (χ1) is 8.93. The Bertz CT molecular complexity index is 404. The number of methoxy groups -OCH3 is 1. The van der Waals surface area contributed by atoms with Crippen molar-refractivity contribution in [1.29, 1.82) is 0 Å². The molecule has 1 rings (SSSR count). The van der Waals surface area contributed by atoms with E-state index in [2.05, 4.69) is 39.0 Å². The maximum absolute atomic E-state index is 11.2. The van der Waals surface area contributed by atoms with Gasteiger partial charge in [0.15, 0.2) is 5.69 Å². The molecule has 0 aliphatic rings. The number of hydrogen-bond acceptors (Lipinski definition) is 6. The highest BCUT2D eigenvalue weighted by atomic mass is 16.5. The van der Waals surface area contributed by atoms with Crippen LogP contribution < -0.4 is 5.32 Å². The Morgan fingerprint density at radius 2 is 2.05 bits per heavy atom. The van der Waals surface area contributed by atoms with E-state index in [1.165, 1.54) is 7.11 Å². The summed E-state index contributed by atoms with van der Waals surface area (Å²) in [5, 5.41) is 11.2. The van der Waals surface area contributed by atoms with E-state index in [1.54, 1.807) is 12.1 Å². The Kier molecular flexibility index (Phi) is 5.69. The zero-order valence-corrected chi connectivity index (χ0v) is 12.2. The van der Waals surface area contributed by atoms with Crippen molar-refractivity contribution in [3.8, 4) is 0 Å². The lowest BCUT2D eigenvalue weighted by atomic mass is 10.0. The standard InChI is InChI=1S/C13H22N4O2/c1-9(2)11(8-17(3)4)14-12-7-6-10(15-16-12)13(18)19-5/h6-7,9,11H,8H2,1-5H3,(H,14,16). The summed E-state index contributed by atoms with van der Waals surface area (Å²) >= 11 is 0. The van der Waals surface area contributed by atoms with Crippen LogP contribution in [0.4, 0.5) is 5.82 Å². The summed E-state index contributed by atoms with van der Waals surface area (Å²) in [4.78, 5) is 13.4. The molecule has 1 heterocycles. The average Bonchev–Trinajstić information content (AvgIpc) is 2.37. The summed E-state index contributed by atoms with van der Waals surface area (Å²) in [6.07, 6.45) is 0. The number of likely N-dealkylation sites (N-methyl/N-ethyl adjacent to an activating group) is 1. The highest BCUT2D eigenvalue weighted by Crippen LogP contribution is 2.11. The van der Waals surface area contributed by atoms with Crippen molar-refractivity contribution in [2.24, 2.45) is 5.92 Å². The molecule has 1 unspecified atom stereocenters. The quantitative estimate of drug-likeness (QED) is 0.782. The summed E-state index contributed by atoms with van der Waals surface area (Å²) in [6.45, 7) is 5.20. The zero-order chi connectivity index (χ0) is 14.4. The Morgan fingerprint density at radius 3 is 2.47 bits per heavy atom. The molecule has 6 nitrogen and oxygen atoms in total. The molecule has 0 aliphatic heterocycles. The zero-order valence-electron chi connectivity index (χ0n) is 12.2. The van der Waals surface area contributed by atoms with Gasteiger partial charge >= 0.3 is 5.97 Å². The van der Waals surface area contributed by atoms with Gasteiger partial charge in [0.2, 0.25) is 0 Å². The fourth-order valence-electron chi connectivity index (χ4n) is 1.63. The smallest absolute Gasteiger partial charge is 0.358 e. The molecule has 0 fully saturated rings. The van der Waals surface area contributed by atoms with Crippen LogP contribution in [0.25, 0.3) is 0 Å². The minimum atomic E-state index is -0.479. The highest BCUT2D eigenvalue weighted by Gasteiger charge is 2.15. The third kappa shape index (κ3) is 4.82. The molecule has 1 N–H and O–H groups in total. The van der Waals surface area contributed by atoms with E-state index in [0.717, 1.165) is 6.54 Å². The molecule has 0 spiro atoms. The Morgan fingerprint density at radius 1 is 1.37 bits per heavy atom. The summed E-state index contributed by atoms with van der Waals surface area (Å²) in [5.74, 6) is 0.644. The fourth-order valence-corrected chi connectivity index (χ4v) is 1.63. The molecule has 0 bridgehead atoms. The minimum absolute atomic E-state index is 0.210. The predicted octanol–water partition coefficient (Wildman–Crippen LogP) is 1.26. The van der Waals surface area contributed by atoms with Crippen molar-refractivity contribution < 1.29 is 9.53 Å². The second-order valence-electron chi connectivity index (χ2n) is 5.05. The van der Waals surface area contributed by atoms with Crippen LogP contribution in [0.5, 0.6) is 0 Å². The first-order valence-electron chi connectivity index (χ1n) is 6.27.